The minimum Gasteiger partial charge on any atom is -0.393 e. The average molecular weight is 362 g/mol. The molecule has 1 fully saturated rings. The summed E-state index contributed by atoms with van der Waals surface area (Å²) in [5.41, 5.74) is 2.98. The summed E-state index contributed by atoms with van der Waals surface area (Å²) in [6.07, 6.45) is 2.85. The Morgan fingerprint density at radius 3 is 2.70 bits per heavy atom. The molecule has 1 aromatic carbocycles. The number of para-hydroxylation sites is 1. The third kappa shape index (κ3) is 3.66. The van der Waals surface area contributed by atoms with Gasteiger partial charge in [0.05, 0.1) is 17.7 Å². The average Bonchev–Trinajstić information content (AvgIpc) is 2.62. The number of benzene rings is 1. The molecule has 6 nitrogen and oxygen atoms in total. The number of nitrogens with one attached hydrogen (secondary N) is 1. The number of carbonyl (C=O) groups excluding carboxylic acids is 1. The fourth-order valence-electron chi connectivity index (χ4n) is 3.68. The summed E-state index contributed by atoms with van der Waals surface area (Å²) in [7, 11) is 0. The van der Waals surface area contributed by atoms with E-state index >= 15 is 0 Å². The smallest absolute Gasteiger partial charge is 0.270 e. The highest BCUT2D eigenvalue weighted by Gasteiger charge is 2.36. The molecular weight excluding hydrogens is 340 g/mol. The van der Waals surface area contributed by atoms with Crippen LogP contribution < -0.4 is 5.32 Å². The van der Waals surface area contributed by atoms with Gasteiger partial charge < -0.3 is 10.4 Å². The molecule has 27 heavy (non-hydrogen) atoms. The fraction of sp³-hybridized carbons (Fsp3) is 0.333. The molecule has 1 atom stereocenters. The van der Waals surface area contributed by atoms with E-state index in [-0.39, 0.29) is 24.0 Å². The highest BCUT2D eigenvalue weighted by Crippen LogP contribution is 2.38. The van der Waals surface area contributed by atoms with Gasteiger partial charge in [0.1, 0.15) is 11.5 Å². The Hall–Kier alpha value is -2.86. The largest absolute Gasteiger partial charge is 0.393 e. The van der Waals surface area contributed by atoms with Gasteiger partial charge in [-0.15, -0.1) is 0 Å². The number of aliphatic hydroxyl groups is 1. The molecule has 0 bridgehead atoms. The molecule has 0 spiro atoms. The van der Waals surface area contributed by atoms with Crippen LogP contribution in [0.3, 0.4) is 0 Å². The second-order valence-corrected chi connectivity index (χ2v) is 7.24. The second-order valence-electron chi connectivity index (χ2n) is 7.24. The zero-order valence-corrected chi connectivity index (χ0v) is 15.4. The summed E-state index contributed by atoms with van der Waals surface area (Å²) in [4.78, 5) is 25.9. The van der Waals surface area contributed by atoms with Gasteiger partial charge in [-0.05, 0) is 56.4 Å². The molecule has 1 amide bonds. The normalized spacial score (nSPS) is 20.1. The van der Waals surface area contributed by atoms with Crippen molar-refractivity contribution in [3.05, 3.63) is 65.4 Å². The number of rotatable bonds is 4. The quantitative estimate of drug-likeness (QED) is 0.745. The number of pyridine rings is 1. The molecule has 0 unspecified atom stereocenters. The zero-order chi connectivity index (χ0) is 19.0. The van der Waals surface area contributed by atoms with E-state index in [1.165, 1.54) is 0 Å². The van der Waals surface area contributed by atoms with Crippen molar-refractivity contribution >= 4 is 16.8 Å². The molecule has 6 heteroatoms. The van der Waals surface area contributed by atoms with Gasteiger partial charge in [0.15, 0.2) is 0 Å². The van der Waals surface area contributed by atoms with Crippen molar-refractivity contribution in [2.24, 2.45) is 5.92 Å². The Morgan fingerprint density at radius 2 is 1.96 bits per heavy atom. The number of aryl methyl sites for hydroxylation is 2. The third-order valence-electron chi connectivity index (χ3n) is 5.08. The summed E-state index contributed by atoms with van der Waals surface area (Å²) in [6, 6.07) is 11.4. The SMILES string of the molecule is Cc1cc(C(=O)N[C@@H](c2cnc3ccccc3c2)C2CC(O)C2)nc(C)n1. The second kappa shape index (κ2) is 7.04. The summed E-state index contributed by atoms with van der Waals surface area (Å²) in [5, 5.41) is 13.9. The van der Waals surface area contributed by atoms with Gasteiger partial charge in [-0.3, -0.25) is 9.78 Å². The maximum atomic E-state index is 12.8. The molecule has 138 valence electrons. The summed E-state index contributed by atoms with van der Waals surface area (Å²) < 4.78 is 0. The number of hydrogen-bond acceptors (Lipinski definition) is 5. The van der Waals surface area contributed by atoms with Gasteiger partial charge in [0.25, 0.3) is 5.91 Å². The Bertz CT molecular complexity index is 978. The van der Waals surface area contributed by atoms with Crippen molar-refractivity contribution in [2.75, 3.05) is 0 Å². The van der Waals surface area contributed by atoms with Crippen LogP contribution in [-0.2, 0) is 0 Å². The number of carbonyl (C=O) groups is 1. The first-order valence-corrected chi connectivity index (χ1v) is 9.15. The molecule has 2 heterocycles. The van der Waals surface area contributed by atoms with Gasteiger partial charge in [-0.1, -0.05) is 18.2 Å². The summed E-state index contributed by atoms with van der Waals surface area (Å²) in [6.45, 7) is 3.62. The van der Waals surface area contributed by atoms with E-state index in [0.717, 1.165) is 22.2 Å². The minimum atomic E-state index is -0.300. The molecule has 0 saturated heterocycles. The number of amides is 1. The molecule has 0 radical (unpaired) electrons. The predicted molar refractivity (Wildman–Crippen MR) is 102 cm³/mol. The van der Waals surface area contributed by atoms with E-state index in [4.69, 9.17) is 0 Å². The molecule has 1 saturated carbocycles. The van der Waals surface area contributed by atoms with Crippen LogP contribution in [-0.4, -0.2) is 32.1 Å². The van der Waals surface area contributed by atoms with Gasteiger partial charge in [-0.25, -0.2) is 9.97 Å². The van der Waals surface area contributed by atoms with Crippen molar-refractivity contribution in [1.29, 1.82) is 0 Å². The van der Waals surface area contributed by atoms with E-state index < -0.39 is 0 Å². The van der Waals surface area contributed by atoms with E-state index in [0.29, 0.717) is 24.4 Å². The van der Waals surface area contributed by atoms with Crippen LogP contribution >= 0.6 is 0 Å². The van der Waals surface area contributed by atoms with Gasteiger partial charge in [-0.2, -0.15) is 0 Å². The lowest BCUT2D eigenvalue weighted by atomic mass is 9.75. The van der Waals surface area contributed by atoms with Crippen molar-refractivity contribution in [2.45, 2.75) is 38.8 Å². The van der Waals surface area contributed by atoms with Crippen molar-refractivity contribution < 1.29 is 9.90 Å². The first kappa shape index (κ1) is 17.5. The van der Waals surface area contributed by atoms with E-state index in [2.05, 4.69) is 26.3 Å². The lowest BCUT2D eigenvalue weighted by Gasteiger charge is -2.38. The van der Waals surface area contributed by atoms with Crippen LogP contribution in [0.15, 0.2) is 42.6 Å². The van der Waals surface area contributed by atoms with Gasteiger partial charge in [0, 0.05) is 17.3 Å². The molecule has 2 N–H and O–H groups in total. The highest BCUT2D eigenvalue weighted by atomic mass is 16.3. The highest BCUT2D eigenvalue weighted by molar-refractivity contribution is 5.92. The third-order valence-corrected chi connectivity index (χ3v) is 5.08. The minimum absolute atomic E-state index is 0.177. The number of fused-ring (bicyclic) bond motifs is 1. The molecule has 4 rings (SSSR count). The zero-order valence-electron chi connectivity index (χ0n) is 15.4. The number of hydrogen-bond donors (Lipinski definition) is 2. The molecule has 2 aromatic heterocycles. The number of nitrogens with zero attached hydrogens (tertiary/aromatic N) is 3. The summed E-state index contributed by atoms with van der Waals surface area (Å²) >= 11 is 0. The van der Waals surface area contributed by atoms with Crippen LogP contribution in [0.4, 0.5) is 0 Å². The maximum absolute atomic E-state index is 12.8. The Morgan fingerprint density at radius 1 is 1.19 bits per heavy atom. The summed E-state index contributed by atoms with van der Waals surface area (Å²) in [5.74, 6) is 0.516. The molecule has 1 aliphatic rings. The van der Waals surface area contributed by atoms with Crippen LogP contribution in [0.5, 0.6) is 0 Å². The van der Waals surface area contributed by atoms with Crippen LogP contribution in [0, 0.1) is 19.8 Å². The Labute approximate surface area is 157 Å². The van der Waals surface area contributed by atoms with Crippen LogP contribution in [0.25, 0.3) is 10.9 Å². The lowest BCUT2D eigenvalue weighted by molar-refractivity contribution is 0.0234. The predicted octanol–water partition coefficient (Wildman–Crippen LogP) is 2.88. The van der Waals surface area contributed by atoms with Gasteiger partial charge in [0.2, 0.25) is 0 Å². The number of aliphatic hydroxyl groups excluding tert-OH is 1. The molecule has 3 aromatic rings. The maximum Gasteiger partial charge on any atom is 0.270 e. The Balaban J connectivity index is 1.65. The van der Waals surface area contributed by atoms with E-state index in [9.17, 15) is 9.90 Å². The fourth-order valence-corrected chi connectivity index (χ4v) is 3.68. The van der Waals surface area contributed by atoms with E-state index in [1.54, 1.807) is 13.0 Å². The monoisotopic (exact) mass is 362 g/mol. The standard InChI is InChI=1S/C21H22N4O2/c1-12-7-19(24-13(2)23-12)21(27)25-20(15-9-17(26)10-15)16-8-14-5-3-4-6-18(14)22-11-16/h3-8,11,15,17,20,26H,9-10H2,1-2H3,(H,25,27)/t15?,17?,20-/m1/s1. The molecule has 0 aliphatic heterocycles. The van der Waals surface area contributed by atoms with Crippen LogP contribution in [0.2, 0.25) is 0 Å². The van der Waals surface area contributed by atoms with Crippen LogP contribution in [0.1, 0.15) is 46.5 Å². The lowest BCUT2D eigenvalue weighted by Crippen LogP contribution is -2.41. The first-order valence-electron chi connectivity index (χ1n) is 9.15. The topological polar surface area (TPSA) is 88.0 Å². The Kier molecular flexibility index (Phi) is 4.58. The van der Waals surface area contributed by atoms with Crippen molar-refractivity contribution in [3.63, 3.8) is 0 Å². The van der Waals surface area contributed by atoms with E-state index in [1.807, 2.05) is 37.4 Å². The van der Waals surface area contributed by atoms with Crippen molar-refractivity contribution in [3.8, 4) is 0 Å². The van der Waals surface area contributed by atoms with Crippen molar-refractivity contribution in [1.82, 2.24) is 20.3 Å². The molecule has 1 aliphatic carbocycles. The first-order chi connectivity index (χ1) is 13.0. The number of aromatic nitrogens is 3. The van der Waals surface area contributed by atoms with Gasteiger partial charge >= 0.3 is 0 Å². The molecular formula is C21H22N4O2.